The van der Waals surface area contributed by atoms with E-state index in [1.165, 1.54) is 5.56 Å². The van der Waals surface area contributed by atoms with E-state index in [0.717, 1.165) is 13.0 Å². The van der Waals surface area contributed by atoms with Crippen LogP contribution in [0.2, 0.25) is 0 Å². The third-order valence-electron chi connectivity index (χ3n) is 3.45. The first-order chi connectivity index (χ1) is 9.49. The summed E-state index contributed by atoms with van der Waals surface area (Å²) in [6.45, 7) is 5.59. The Balaban J connectivity index is 0. The van der Waals surface area contributed by atoms with Crippen LogP contribution in [0.5, 0.6) is 0 Å². The lowest BCUT2D eigenvalue weighted by molar-refractivity contribution is -0.121. The Morgan fingerprint density at radius 3 is 2.36 bits per heavy atom. The maximum absolute atomic E-state index is 11.6. The van der Waals surface area contributed by atoms with Gasteiger partial charge in [-0.25, -0.2) is 0 Å². The normalized spacial score (nSPS) is 12.8. The van der Waals surface area contributed by atoms with Crippen LogP contribution in [0.4, 0.5) is 0 Å². The summed E-state index contributed by atoms with van der Waals surface area (Å²) < 4.78 is 0. The van der Waals surface area contributed by atoms with Gasteiger partial charge < -0.3 is 11.1 Å². The maximum Gasteiger partial charge on any atom is 0.220 e. The van der Waals surface area contributed by atoms with E-state index in [1.54, 1.807) is 0 Å². The van der Waals surface area contributed by atoms with Crippen LogP contribution in [-0.4, -0.2) is 36.5 Å². The van der Waals surface area contributed by atoms with E-state index >= 15 is 0 Å². The molecule has 0 bridgehead atoms. The highest BCUT2D eigenvalue weighted by Gasteiger charge is 2.11. The molecule has 22 heavy (non-hydrogen) atoms. The van der Waals surface area contributed by atoms with Crippen LogP contribution in [0.25, 0.3) is 0 Å². The number of carbonyl (C=O) groups is 1. The molecule has 0 saturated carbocycles. The highest BCUT2D eigenvalue weighted by atomic mass is 35.5. The van der Waals surface area contributed by atoms with Gasteiger partial charge in [-0.05, 0) is 32.9 Å². The lowest BCUT2D eigenvalue weighted by atomic mass is 10.1. The van der Waals surface area contributed by atoms with E-state index in [4.69, 9.17) is 5.73 Å². The number of likely N-dealkylation sites (N-methyl/N-ethyl adjacent to an activating group) is 1. The first kappa shape index (κ1) is 23.5. The molecule has 0 heterocycles. The molecule has 0 aliphatic rings. The van der Waals surface area contributed by atoms with Crippen molar-refractivity contribution < 1.29 is 4.79 Å². The van der Waals surface area contributed by atoms with Gasteiger partial charge in [0.25, 0.3) is 0 Å². The molecule has 3 N–H and O–H groups in total. The summed E-state index contributed by atoms with van der Waals surface area (Å²) in [4.78, 5) is 13.9. The molecule has 4 nitrogen and oxygen atoms in total. The zero-order valence-electron chi connectivity index (χ0n) is 13.6. The number of benzene rings is 1. The lowest BCUT2D eigenvalue weighted by Crippen LogP contribution is -2.40. The monoisotopic (exact) mass is 349 g/mol. The predicted octanol–water partition coefficient (Wildman–Crippen LogP) is 2.59. The minimum atomic E-state index is 0. The number of hydrogen-bond acceptors (Lipinski definition) is 3. The Bertz CT molecular complexity index is 402. The van der Waals surface area contributed by atoms with Crippen molar-refractivity contribution in [2.24, 2.45) is 5.73 Å². The Hall–Kier alpha value is -0.810. The largest absolute Gasteiger partial charge is 0.355 e. The second-order valence-corrected chi connectivity index (χ2v) is 5.57. The fourth-order valence-electron chi connectivity index (χ4n) is 1.89. The molecule has 1 aromatic rings. The molecule has 2 unspecified atom stereocenters. The Morgan fingerprint density at radius 1 is 1.23 bits per heavy atom. The summed E-state index contributed by atoms with van der Waals surface area (Å²) in [5.74, 6) is 0.0854. The van der Waals surface area contributed by atoms with Gasteiger partial charge in [-0.1, -0.05) is 30.3 Å². The zero-order chi connectivity index (χ0) is 15.0. The number of rotatable bonds is 8. The van der Waals surface area contributed by atoms with Crippen molar-refractivity contribution in [3.8, 4) is 0 Å². The van der Waals surface area contributed by atoms with E-state index < -0.39 is 0 Å². The molecule has 1 amide bonds. The van der Waals surface area contributed by atoms with Crippen LogP contribution in [-0.2, 0) is 11.3 Å². The molecule has 0 fully saturated rings. The predicted molar refractivity (Wildman–Crippen MR) is 97.8 cm³/mol. The number of carbonyl (C=O) groups excluding carboxylic acids is 1. The number of nitrogens with one attached hydrogen (secondary N) is 1. The third kappa shape index (κ3) is 10.0. The van der Waals surface area contributed by atoms with Crippen molar-refractivity contribution in [2.75, 3.05) is 13.6 Å². The minimum absolute atomic E-state index is 0. The first-order valence-corrected chi connectivity index (χ1v) is 7.25. The molecule has 128 valence electrons. The molecule has 1 aromatic carbocycles. The van der Waals surface area contributed by atoms with Gasteiger partial charge in [0.05, 0.1) is 0 Å². The van der Waals surface area contributed by atoms with Gasteiger partial charge in [0.2, 0.25) is 5.91 Å². The number of halogens is 2. The summed E-state index contributed by atoms with van der Waals surface area (Å²) in [5.41, 5.74) is 6.93. The highest BCUT2D eigenvalue weighted by Crippen LogP contribution is 2.05. The molecule has 0 aliphatic heterocycles. The van der Waals surface area contributed by atoms with Crippen LogP contribution >= 0.6 is 24.8 Å². The number of hydrogen-bond donors (Lipinski definition) is 2. The number of nitrogens with zero attached hydrogens (tertiary/aromatic N) is 1. The topological polar surface area (TPSA) is 58.4 Å². The molecular formula is C16H29Cl2N3O. The van der Waals surface area contributed by atoms with E-state index in [2.05, 4.69) is 36.3 Å². The number of nitrogens with two attached hydrogens (primary N) is 1. The van der Waals surface area contributed by atoms with Gasteiger partial charge in [-0.3, -0.25) is 9.69 Å². The van der Waals surface area contributed by atoms with Gasteiger partial charge in [0.15, 0.2) is 0 Å². The average Bonchev–Trinajstić information content (AvgIpc) is 2.43. The Labute approximate surface area is 146 Å². The van der Waals surface area contributed by atoms with Crippen molar-refractivity contribution in [1.82, 2.24) is 10.2 Å². The highest BCUT2D eigenvalue weighted by molar-refractivity contribution is 5.85. The molecule has 1 rings (SSSR count). The second-order valence-electron chi connectivity index (χ2n) is 5.57. The molecule has 0 spiro atoms. The summed E-state index contributed by atoms with van der Waals surface area (Å²) in [7, 11) is 2.08. The summed E-state index contributed by atoms with van der Waals surface area (Å²) in [6, 6.07) is 10.7. The van der Waals surface area contributed by atoms with Crippen LogP contribution in [0, 0.1) is 0 Å². The van der Waals surface area contributed by atoms with E-state index in [0.29, 0.717) is 19.0 Å². The summed E-state index contributed by atoms with van der Waals surface area (Å²) in [6.07, 6.45) is 1.24. The SMILES string of the molecule is CC(N)CCC(=O)NCC(C)N(C)Cc1ccccc1.Cl.Cl. The molecular weight excluding hydrogens is 321 g/mol. The molecule has 6 heteroatoms. The van der Waals surface area contributed by atoms with E-state index in [1.807, 2.05) is 25.1 Å². The quantitative estimate of drug-likeness (QED) is 0.758. The van der Waals surface area contributed by atoms with Crippen LogP contribution in [0.3, 0.4) is 0 Å². The van der Waals surface area contributed by atoms with E-state index in [9.17, 15) is 4.79 Å². The average molecular weight is 350 g/mol. The Morgan fingerprint density at radius 2 is 1.82 bits per heavy atom. The van der Waals surface area contributed by atoms with Crippen molar-refractivity contribution in [1.29, 1.82) is 0 Å². The lowest BCUT2D eigenvalue weighted by Gasteiger charge is -2.25. The van der Waals surface area contributed by atoms with Gasteiger partial charge in [0.1, 0.15) is 0 Å². The Kier molecular flexibility index (Phi) is 13.5. The summed E-state index contributed by atoms with van der Waals surface area (Å²) in [5, 5.41) is 2.97. The summed E-state index contributed by atoms with van der Waals surface area (Å²) >= 11 is 0. The molecule has 0 saturated heterocycles. The fraction of sp³-hybridized carbons (Fsp3) is 0.562. The third-order valence-corrected chi connectivity index (χ3v) is 3.45. The van der Waals surface area contributed by atoms with Crippen LogP contribution < -0.4 is 11.1 Å². The smallest absolute Gasteiger partial charge is 0.220 e. The zero-order valence-corrected chi connectivity index (χ0v) is 15.3. The molecule has 0 aliphatic carbocycles. The van der Waals surface area contributed by atoms with Crippen molar-refractivity contribution in [2.45, 2.75) is 45.3 Å². The van der Waals surface area contributed by atoms with Crippen molar-refractivity contribution in [3.63, 3.8) is 0 Å². The first-order valence-electron chi connectivity index (χ1n) is 7.25. The van der Waals surface area contributed by atoms with Crippen LogP contribution in [0.15, 0.2) is 30.3 Å². The standard InChI is InChI=1S/C16H27N3O.2ClH/c1-13(17)9-10-16(20)18-11-14(2)19(3)12-15-7-5-4-6-8-15;;/h4-8,13-14H,9-12,17H2,1-3H3,(H,18,20);2*1H. The fourth-order valence-corrected chi connectivity index (χ4v) is 1.89. The molecule has 2 atom stereocenters. The maximum atomic E-state index is 11.6. The van der Waals surface area contributed by atoms with Gasteiger partial charge in [-0.15, -0.1) is 24.8 Å². The van der Waals surface area contributed by atoms with Crippen LogP contribution in [0.1, 0.15) is 32.3 Å². The van der Waals surface area contributed by atoms with Gasteiger partial charge >= 0.3 is 0 Å². The van der Waals surface area contributed by atoms with Crippen molar-refractivity contribution in [3.05, 3.63) is 35.9 Å². The van der Waals surface area contributed by atoms with Gasteiger partial charge in [-0.2, -0.15) is 0 Å². The second kappa shape index (κ2) is 12.7. The molecule has 0 aromatic heterocycles. The van der Waals surface area contributed by atoms with E-state index in [-0.39, 0.29) is 36.8 Å². The van der Waals surface area contributed by atoms with Gasteiger partial charge in [0, 0.05) is 31.6 Å². The van der Waals surface area contributed by atoms with Crippen molar-refractivity contribution >= 4 is 30.7 Å². The molecule has 0 radical (unpaired) electrons. The number of amides is 1. The minimum Gasteiger partial charge on any atom is -0.355 e.